The van der Waals surface area contributed by atoms with E-state index in [-0.39, 0.29) is 23.9 Å². The number of ether oxygens (including phenoxy) is 2. The summed E-state index contributed by atoms with van der Waals surface area (Å²) in [6.07, 6.45) is 1.61. The van der Waals surface area contributed by atoms with Gasteiger partial charge in [-0.2, -0.15) is 9.78 Å². The second-order valence-corrected chi connectivity index (χ2v) is 11.8. The van der Waals surface area contributed by atoms with E-state index in [1.807, 2.05) is 49.4 Å². The van der Waals surface area contributed by atoms with Crippen LogP contribution in [-0.4, -0.2) is 23.0 Å². The molecule has 0 fully saturated rings. The molecule has 0 radical (unpaired) electrons. The first-order valence-electron chi connectivity index (χ1n) is 13.3. The minimum absolute atomic E-state index is 0.194. The molecule has 5 aromatic rings. The van der Waals surface area contributed by atoms with Crippen molar-refractivity contribution in [3.05, 3.63) is 120 Å². The van der Waals surface area contributed by atoms with Gasteiger partial charge in [-0.1, -0.05) is 38.1 Å². The molecule has 1 heterocycles. The van der Waals surface area contributed by atoms with Crippen LogP contribution in [0, 0.1) is 12.7 Å². The Balaban J connectivity index is 1.57. The van der Waals surface area contributed by atoms with Crippen LogP contribution in [0.25, 0.3) is 22.3 Å². The predicted octanol–water partition coefficient (Wildman–Crippen LogP) is 8.63. The van der Waals surface area contributed by atoms with E-state index in [9.17, 15) is 9.18 Å². The topological polar surface area (TPSA) is 65.7 Å². The Morgan fingerprint density at radius 2 is 1.76 bits per heavy atom. The molecule has 1 aromatic heterocycles. The molecular weight excluding hydrogens is 665 g/mol. The Hall–Kier alpha value is -3.82. The molecule has 0 aliphatic heterocycles. The van der Waals surface area contributed by atoms with Crippen LogP contribution in [-0.2, 0) is 6.61 Å². The van der Waals surface area contributed by atoms with Gasteiger partial charge < -0.3 is 9.47 Å². The largest absolute Gasteiger partial charge is 0.496 e. The predicted molar refractivity (Wildman–Crippen MR) is 172 cm³/mol. The molecule has 0 aliphatic carbocycles. The van der Waals surface area contributed by atoms with Crippen molar-refractivity contribution in [2.75, 3.05) is 7.11 Å². The molecule has 214 valence electrons. The van der Waals surface area contributed by atoms with Crippen molar-refractivity contribution in [2.24, 2.45) is 5.10 Å². The summed E-state index contributed by atoms with van der Waals surface area (Å²) >= 11 is 7.14. The Morgan fingerprint density at radius 3 is 2.45 bits per heavy atom. The standard InChI is InChI=1S/C33H28Br2FN3O3/c1-19(2)25-16-26(20(3)12-30(25)41-4)32-38-29-11-6-5-10-24(29)33(40)39(32)37-17-22-14-27(34)31(28(35)15-22)42-18-21-8-7-9-23(36)13-21/h5-17,19H,18H2,1-4H3. The zero-order valence-electron chi connectivity index (χ0n) is 23.5. The van der Waals surface area contributed by atoms with Gasteiger partial charge >= 0.3 is 0 Å². The lowest BCUT2D eigenvalue weighted by Gasteiger charge is -2.17. The van der Waals surface area contributed by atoms with Crippen LogP contribution in [0.1, 0.15) is 42.0 Å². The van der Waals surface area contributed by atoms with Gasteiger partial charge in [0.1, 0.15) is 23.9 Å². The smallest absolute Gasteiger partial charge is 0.282 e. The van der Waals surface area contributed by atoms with Crippen LogP contribution in [0.3, 0.4) is 0 Å². The second kappa shape index (κ2) is 12.6. The van der Waals surface area contributed by atoms with E-state index in [1.54, 1.807) is 31.5 Å². The van der Waals surface area contributed by atoms with Crippen molar-refractivity contribution in [1.82, 2.24) is 9.66 Å². The van der Waals surface area contributed by atoms with Gasteiger partial charge in [0.15, 0.2) is 5.82 Å². The molecule has 6 nitrogen and oxygen atoms in total. The Morgan fingerprint density at radius 1 is 1.02 bits per heavy atom. The highest BCUT2D eigenvalue weighted by atomic mass is 79.9. The van der Waals surface area contributed by atoms with Crippen LogP contribution in [0.5, 0.6) is 11.5 Å². The van der Waals surface area contributed by atoms with Crippen molar-refractivity contribution in [1.29, 1.82) is 0 Å². The molecule has 5 rings (SSSR count). The number of hydrogen-bond acceptors (Lipinski definition) is 5. The number of hydrogen-bond donors (Lipinski definition) is 0. The second-order valence-electron chi connectivity index (χ2n) is 10.1. The Labute approximate surface area is 260 Å². The van der Waals surface area contributed by atoms with E-state index < -0.39 is 0 Å². The number of aryl methyl sites for hydroxylation is 1. The summed E-state index contributed by atoms with van der Waals surface area (Å²) in [5.41, 5.74) is 4.46. The summed E-state index contributed by atoms with van der Waals surface area (Å²) in [5.74, 6) is 1.67. The third-order valence-corrected chi connectivity index (χ3v) is 7.99. The summed E-state index contributed by atoms with van der Waals surface area (Å²) in [6, 6.07) is 21.2. The van der Waals surface area contributed by atoms with E-state index in [0.29, 0.717) is 42.5 Å². The van der Waals surface area contributed by atoms with Gasteiger partial charge in [0.25, 0.3) is 5.56 Å². The third kappa shape index (κ3) is 6.17. The quantitative estimate of drug-likeness (QED) is 0.153. The molecule has 0 atom stereocenters. The fourth-order valence-corrected chi connectivity index (χ4v) is 6.12. The number of benzene rings is 4. The maximum Gasteiger partial charge on any atom is 0.282 e. The van der Waals surface area contributed by atoms with Crippen LogP contribution in [0.15, 0.2) is 91.6 Å². The maximum absolute atomic E-state index is 13.7. The molecule has 0 saturated carbocycles. The molecule has 0 bridgehead atoms. The number of aromatic nitrogens is 2. The lowest BCUT2D eigenvalue weighted by molar-refractivity contribution is 0.301. The van der Waals surface area contributed by atoms with Gasteiger partial charge in [-0.15, -0.1) is 0 Å². The monoisotopic (exact) mass is 691 g/mol. The zero-order valence-corrected chi connectivity index (χ0v) is 26.7. The van der Waals surface area contributed by atoms with Crippen LogP contribution >= 0.6 is 31.9 Å². The van der Waals surface area contributed by atoms with Gasteiger partial charge in [0.2, 0.25) is 0 Å². The van der Waals surface area contributed by atoms with E-state index in [0.717, 1.165) is 22.4 Å². The Bertz CT molecular complexity index is 1860. The number of para-hydroxylation sites is 1. The fraction of sp³-hybridized carbons (Fsp3) is 0.182. The number of nitrogens with zero attached hydrogens (tertiary/aromatic N) is 3. The molecule has 0 spiro atoms. The minimum Gasteiger partial charge on any atom is -0.496 e. The highest BCUT2D eigenvalue weighted by Gasteiger charge is 2.18. The lowest BCUT2D eigenvalue weighted by Crippen LogP contribution is -2.20. The number of rotatable bonds is 8. The van der Waals surface area contributed by atoms with Crippen LogP contribution in [0.4, 0.5) is 4.39 Å². The van der Waals surface area contributed by atoms with Gasteiger partial charge in [0, 0.05) is 5.56 Å². The maximum atomic E-state index is 13.7. The minimum atomic E-state index is -0.316. The molecule has 0 saturated heterocycles. The van der Waals surface area contributed by atoms with Gasteiger partial charge in [-0.05, 0) is 115 Å². The highest BCUT2D eigenvalue weighted by molar-refractivity contribution is 9.11. The Kier molecular flexibility index (Phi) is 8.89. The van der Waals surface area contributed by atoms with E-state index in [1.165, 1.54) is 16.8 Å². The summed E-state index contributed by atoms with van der Waals surface area (Å²) in [5, 5.41) is 5.11. The van der Waals surface area contributed by atoms with Gasteiger partial charge in [-0.25, -0.2) is 9.37 Å². The van der Waals surface area contributed by atoms with Crippen molar-refractivity contribution >= 4 is 49.0 Å². The fourth-order valence-electron chi connectivity index (χ4n) is 4.67. The highest BCUT2D eigenvalue weighted by Crippen LogP contribution is 2.36. The lowest BCUT2D eigenvalue weighted by atomic mass is 9.96. The summed E-state index contributed by atoms with van der Waals surface area (Å²) in [4.78, 5) is 18.6. The molecule has 0 N–H and O–H groups in total. The zero-order chi connectivity index (χ0) is 30.0. The van der Waals surface area contributed by atoms with E-state index in [2.05, 4.69) is 50.8 Å². The summed E-state index contributed by atoms with van der Waals surface area (Å²) in [6.45, 7) is 6.35. The van der Waals surface area contributed by atoms with Crippen LogP contribution < -0.4 is 15.0 Å². The molecule has 9 heteroatoms. The first-order chi connectivity index (χ1) is 20.2. The number of methoxy groups -OCH3 is 1. The van der Waals surface area contributed by atoms with E-state index in [4.69, 9.17) is 14.5 Å². The normalized spacial score (nSPS) is 11.5. The molecule has 4 aromatic carbocycles. The molecular formula is C33H28Br2FN3O3. The van der Waals surface area contributed by atoms with Crippen molar-refractivity contribution in [2.45, 2.75) is 33.3 Å². The number of fused-ring (bicyclic) bond motifs is 1. The first-order valence-corrected chi connectivity index (χ1v) is 14.9. The summed E-state index contributed by atoms with van der Waals surface area (Å²) < 4.78 is 27.8. The SMILES string of the molecule is COc1cc(C)c(-c2nc3ccccc3c(=O)n2N=Cc2cc(Br)c(OCc3cccc(F)c3)c(Br)c2)cc1C(C)C. The average Bonchev–Trinajstić information content (AvgIpc) is 2.96. The van der Waals surface area contributed by atoms with E-state index >= 15 is 0 Å². The molecule has 0 amide bonds. The summed E-state index contributed by atoms with van der Waals surface area (Å²) in [7, 11) is 1.66. The van der Waals surface area contributed by atoms with Crippen LogP contribution in [0.2, 0.25) is 0 Å². The number of halogens is 3. The molecule has 0 aliphatic rings. The van der Waals surface area contributed by atoms with Gasteiger partial charge in [-0.3, -0.25) is 4.79 Å². The van der Waals surface area contributed by atoms with Crippen molar-refractivity contribution in [3.63, 3.8) is 0 Å². The van der Waals surface area contributed by atoms with Crippen molar-refractivity contribution < 1.29 is 13.9 Å². The first kappa shape index (κ1) is 29.7. The third-order valence-electron chi connectivity index (χ3n) is 6.81. The average molecular weight is 693 g/mol. The van der Waals surface area contributed by atoms with Gasteiger partial charge in [0.05, 0.1) is 33.2 Å². The molecule has 0 unspecified atom stereocenters. The molecule has 42 heavy (non-hydrogen) atoms. The van der Waals surface area contributed by atoms with Crippen molar-refractivity contribution in [3.8, 4) is 22.9 Å².